The number of anilines is 1. The molecule has 2 aromatic rings. The standard InChI is InChI=1S/C13H18N2O4S/c14-10-5-6-11-12(9-10)19-13(15-11)20(17,18)8-4-2-1-3-7-16/h5-6,9,16H,1-4,7-8,14H2. The van der Waals surface area contributed by atoms with Gasteiger partial charge in [0.1, 0.15) is 5.52 Å². The van der Waals surface area contributed by atoms with Gasteiger partial charge in [-0.15, -0.1) is 0 Å². The maximum Gasteiger partial charge on any atom is 0.316 e. The van der Waals surface area contributed by atoms with E-state index in [0.29, 0.717) is 29.6 Å². The van der Waals surface area contributed by atoms with E-state index < -0.39 is 9.84 Å². The lowest BCUT2D eigenvalue weighted by molar-refractivity contribution is 0.283. The van der Waals surface area contributed by atoms with Gasteiger partial charge in [0.15, 0.2) is 5.58 Å². The number of aromatic nitrogens is 1. The van der Waals surface area contributed by atoms with Crippen LogP contribution in [0.1, 0.15) is 25.7 Å². The molecule has 0 saturated heterocycles. The first-order chi connectivity index (χ1) is 9.53. The van der Waals surface area contributed by atoms with E-state index in [9.17, 15) is 8.42 Å². The molecule has 0 aliphatic carbocycles. The van der Waals surface area contributed by atoms with Crippen molar-refractivity contribution in [3.63, 3.8) is 0 Å². The molecule has 0 amide bonds. The number of oxazole rings is 1. The molecule has 0 spiro atoms. The van der Waals surface area contributed by atoms with Gasteiger partial charge in [0.25, 0.3) is 0 Å². The Morgan fingerprint density at radius 3 is 2.70 bits per heavy atom. The van der Waals surface area contributed by atoms with E-state index in [0.717, 1.165) is 12.8 Å². The third-order valence-corrected chi connectivity index (χ3v) is 4.51. The average molecular weight is 298 g/mol. The molecule has 1 aromatic heterocycles. The van der Waals surface area contributed by atoms with E-state index in [1.165, 1.54) is 0 Å². The molecule has 0 atom stereocenters. The molecule has 0 aliphatic heterocycles. The molecule has 20 heavy (non-hydrogen) atoms. The van der Waals surface area contributed by atoms with Crippen LogP contribution in [0.15, 0.2) is 27.8 Å². The van der Waals surface area contributed by atoms with Gasteiger partial charge in [-0.2, -0.15) is 4.98 Å². The highest BCUT2D eigenvalue weighted by molar-refractivity contribution is 7.91. The summed E-state index contributed by atoms with van der Waals surface area (Å²) in [4.78, 5) is 3.99. The molecule has 110 valence electrons. The van der Waals surface area contributed by atoms with Crippen LogP contribution in [-0.2, 0) is 9.84 Å². The number of unbranched alkanes of at least 4 members (excludes halogenated alkanes) is 3. The Morgan fingerprint density at radius 1 is 1.20 bits per heavy atom. The predicted molar refractivity (Wildman–Crippen MR) is 76.0 cm³/mol. The molecule has 0 bridgehead atoms. The van der Waals surface area contributed by atoms with Gasteiger partial charge >= 0.3 is 5.22 Å². The highest BCUT2D eigenvalue weighted by Gasteiger charge is 2.21. The van der Waals surface area contributed by atoms with Crippen molar-refractivity contribution in [3.8, 4) is 0 Å². The van der Waals surface area contributed by atoms with E-state index in [1.807, 2.05) is 0 Å². The monoisotopic (exact) mass is 298 g/mol. The van der Waals surface area contributed by atoms with Crippen molar-refractivity contribution in [2.75, 3.05) is 18.1 Å². The molecular formula is C13H18N2O4S. The zero-order valence-corrected chi connectivity index (χ0v) is 11.9. The van der Waals surface area contributed by atoms with Crippen molar-refractivity contribution in [3.05, 3.63) is 18.2 Å². The van der Waals surface area contributed by atoms with Crippen molar-refractivity contribution in [2.45, 2.75) is 30.9 Å². The Morgan fingerprint density at radius 2 is 1.95 bits per heavy atom. The van der Waals surface area contributed by atoms with Gasteiger partial charge in [-0.3, -0.25) is 0 Å². The second-order valence-corrected chi connectivity index (χ2v) is 6.65. The molecule has 0 radical (unpaired) electrons. The fraction of sp³-hybridized carbons (Fsp3) is 0.462. The summed E-state index contributed by atoms with van der Waals surface area (Å²) in [6.45, 7) is 0.138. The summed E-state index contributed by atoms with van der Waals surface area (Å²) < 4.78 is 29.4. The number of aliphatic hydroxyl groups excluding tert-OH is 1. The van der Waals surface area contributed by atoms with Crippen molar-refractivity contribution in [1.82, 2.24) is 4.98 Å². The number of nitrogens with zero attached hydrogens (tertiary/aromatic N) is 1. The minimum Gasteiger partial charge on any atom is -0.428 e. The highest BCUT2D eigenvalue weighted by atomic mass is 32.2. The van der Waals surface area contributed by atoms with Crippen LogP contribution in [0.4, 0.5) is 5.69 Å². The normalized spacial score (nSPS) is 12.1. The predicted octanol–water partition coefficient (Wildman–Crippen LogP) is 1.74. The summed E-state index contributed by atoms with van der Waals surface area (Å²) in [6.07, 6.45) is 2.80. The molecule has 0 aliphatic rings. The Bertz CT molecular complexity index is 679. The first-order valence-corrected chi connectivity index (χ1v) is 8.18. The summed E-state index contributed by atoms with van der Waals surface area (Å²) in [5.74, 6) is 0.000727. The summed E-state index contributed by atoms with van der Waals surface area (Å²) in [5, 5.41) is 8.40. The fourth-order valence-electron chi connectivity index (χ4n) is 1.90. The quantitative estimate of drug-likeness (QED) is 0.595. The van der Waals surface area contributed by atoms with Crippen LogP contribution in [0.2, 0.25) is 0 Å². The van der Waals surface area contributed by atoms with Gasteiger partial charge in [-0.25, -0.2) is 8.42 Å². The van der Waals surface area contributed by atoms with E-state index in [-0.39, 0.29) is 17.6 Å². The van der Waals surface area contributed by atoms with Crippen molar-refractivity contribution < 1.29 is 17.9 Å². The highest BCUT2D eigenvalue weighted by Crippen LogP contribution is 2.22. The first-order valence-electron chi connectivity index (χ1n) is 6.52. The largest absolute Gasteiger partial charge is 0.428 e. The summed E-state index contributed by atoms with van der Waals surface area (Å²) >= 11 is 0. The third-order valence-electron chi connectivity index (χ3n) is 2.98. The van der Waals surface area contributed by atoms with Gasteiger partial charge in [-0.05, 0) is 25.0 Å². The number of nitrogens with two attached hydrogens (primary N) is 1. The number of hydrogen-bond acceptors (Lipinski definition) is 6. The second-order valence-electron chi connectivity index (χ2n) is 4.66. The lowest BCUT2D eigenvalue weighted by atomic mass is 10.2. The Hall–Kier alpha value is -1.60. The van der Waals surface area contributed by atoms with Crippen LogP contribution in [0, 0.1) is 0 Å². The molecule has 1 heterocycles. The number of sulfone groups is 1. The van der Waals surface area contributed by atoms with Gasteiger partial charge in [-0.1, -0.05) is 12.8 Å². The molecule has 2 rings (SSSR count). The molecule has 0 unspecified atom stereocenters. The lowest BCUT2D eigenvalue weighted by Gasteiger charge is -1.99. The molecule has 1 aromatic carbocycles. The van der Waals surface area contributed by atoms with Crippen molar-refractivity contribution in [2.24, 2.45) is 0 Å². The molecule has 6 nitrogen and oxygen atoms in total. The zero-order valence-electron chi connectivity index (χ0n) is 11.1. The number of fused-ring (bicyclic) bond motifs is 1. The van der Waals surface area contributed by atoms with E-state index in [2.05, 4.69) is 4.98 Å². The van der Waals surface area contributed by atoms with E-state index >= 15 is 0 Å². The Balaban J connectivity index is 2.07. The minimum absolute atomic E-state index is 0.000727. The maximum atomic E-state index is 12.1. The Labute approximate surface area is 117 Å². The molecule has 3 N–H and O–H groups in total. The topological polar surface area (TPSA) is 106 Å². The molecule has 7 heteroatoms. The van der Waals surface area contributed by atoms with Gasteiger partial charge < -0.3 is 15.3 Å². The van der Waals surface area contributed by atoms with Gasteiger partial charge in [0.2, 0.25) is 9.84 Å². The smallest absolute Gasteiger partial charge is 0.316 e. The van der Waals surface area contributed by atoms with E-state index in [1.54, 1.807) is 18.2 Å². The summed E-state index contributed by atoms with van der Waals surface area (Å²) in [5.41, 5.74) is 6.98. The molecule has 0 saturated carbocycles. The molecular weight excluding hydrogens is 280 g/mol. The zero-order chi connectivity index (χ0) is 14.6. The van der Waals surface area contributed by atoms with Crippen molar-refractivity contribution in [1.29, 1.82) is 0 Å². The second kappa shape index (κ2) is 6.23. The summed E-state index contributed by atoms with van der Waals surface area (Å²) in [6, 6.07) is 4.84. The summed E-state index contributed by atoms with van der Waals surface area (Å²) in [7, 11) is -3.50. The van der Waals surface area contributed by atoms with Crippen LogP contribution in [0.3, 0.4) is 0 Å². The van der Waals surface area contributed by atoms with E-state index in [4.69, 9.17) is 15.3 Å². The maximum absolute atomic E-state index is 12.1. The van der Waals surface area contributed by atoms with Gasteiger partial charge in [0.05, 0.1) is 5.75 Å². The minimum atomic E-state index is -3.50. The Kier molecular flexibility index (Phi) is 4.61. The van der Waals surface area contributed by atoms with Crippen molar-refractivity contribution >= 4 is 26.6 Å². The first kappa shape index (κ1) is 14.8. The number of hydrogen-bond donors (Lipinski definition) is 2. The van der Waals surface area contributed by atoms with Gasteiger partial charge in [0, 0.05) is 18.4 Å². The number of benzene rings is 1. The van der Waals surface area contributed by atoms with Crippen LogP contribution >= 0.6 is 0 Å². The van der Waals surface area contributed by atoms with Crippen LogP contribution in [0.25, 0.3) is 11.1 Å². The number of nitrogen functional groups attached to an aromatic ring is 1. The van der Waals surface area contributed by atoms with Crippen LogP contribution in [0.5, 0.6) is 0 Å². The average Bonchev–Trinajstić information content (AvgIpc) is 2.82. The number of aliphatic hydroxyl groups is 1. The third kappa shape index (κ3) is 3.49. The number of rotatable bonds is 7. The van der Waals surface area contributed by atoms with Crippen LogP contribution < -0.4 is 5.73 Å². The lowest BCUT2D eigenvalue weighted by Crippen LogP contribution is -2.07. The van der Waals surface area contributed by atoms with Crippen LogP contribution in [-0.4, -0.2) is 30.9 Å². The molecule has 0 fully saturated rings. The fourth-order valence-corrected chi connectivity index (χ4v) is 3.11. The SMILES string of the molecule is Nc1ccc2nc(S(=O)(=O)CCCCCCO)oc2c1.